The van der Waals surface area contributed by atoms with Crippen molar-refractivity contribution >= 4 is 17.5 Å². The zero-order valence-electron chi connectivity index (χ0n) is 15.8. The van der Waals surface area contributed by atoms with Crippen molar-refractivity contribution in [1.82, 2.24) is 9.97 Å². The van der Waals surface area contributed by atoms with Crippen LogP contribution in [0.3, 0.4) is 0 Å². The number of amidine groups is 1. The van der Waals surface area contributed by atoms with E-state index in [-0.39, 0.29) is 11.5 Å². The maximum Gasteiger partial charge on any atom is 0.424 e. The van der Waals surface area contributed by atoms with Crippen LogP contribution in [-0.2, 0) is 10.3 Å². The number of anilines is 2. The Kier molecular flexibility index (Phi) is 5.11. The number of pyridine rings is 2. The second kappa shape index (κ2) is 7.14. The predicted octanol–water partition coefficient (Wildman–Crippen LogP) is 3.29. The molecule has 0 saturated carbocycles. The topological polar surface area (TPSA) is 94.6 Å². The normalized spacial score (nSPS) is 24.7. The average molecular weight is 413 g/mol. The van der Waals surface area contributed by atoms with E-state index in [0.29, 0.717) is 11.6 Å². The summed E-state index contributed by atoms with van der Waals surface area (Å²) in [5.74, 6) is -0.613. The molecule has 0 aliphatic carbocycles. The first-order valence-corrected chi connectivity index (χ1v) is 8.50. The Morgan fingerprint density at radius 3 is 2.59 bits per heavy atom. The zero-order valence-corrected chi connectivity index (χ0v) is 15.8. The maximum absolute atomic E-state index is 14.5. The lowest BCUT2D eigenvalue weighted by Gasteiger charge is -2.40. The minimum absolute atomic E-state index is 0.192. The SMILES string of the molecule is COc1cccnc1Nc1ccc(F)c([C@]2(C)CO[C@@](C)(C(F)(F)F)C(N)=N2)n1. The van der Waals surface area contributed by atoms with Gasteiger partial charge in [0.25, 0.3) is 0 Å². The van der Waals surface area contributed by atoms with E-state index in [4.69, 9.17) is 15.2 Å². The number of aliphatic imine (C=N–C) groups is 1. The van der Waals surface area contributed by atoms with Gasteiger partial charge in [-0.1, -0.05) is 0 Å². The molecule has 3 rings (SSSR count). The number of halogens is 4. The first-order chi connectivity index (χ1) is 13.5. The van der Waals surface area contributed by atoms with E-state index in [1.807, 2.05) is 0 Å². The summed E-state index contributed by atoms with van der Waals surface area (Å²) >= 11 is 0. The monoisotopic (exact) mass is 413 g/mol. The van der Waals surface area contributed by atoms with Gasteiger partial charge in [-0.25, -0.2) is 14.4 Å². The number of ether oxygens (including phenoxy) is 2. The molecule has 11 heteroatoms. The van der Waals surface area contributed by atoms with Crippen LogP contribution in [0.4, 0.5) is 29.2 Å². The van der Waals surface area contributed by atoms with Crippen LogP contribution in [0.1, 0.15) is 19.5 Å². The fourth-order valence-electron chi connectivity index (χ4n) is 2.77. The van der Waals surface area contributed by atoms with Gasteiger partial charge in [-0.3, -0.25) is 4.99 Å². The van der Waals surface area contributed by atoms with Gasteiger partial charge in [0.15, 0.2) is 11.6 Å². The van der Waals surface area contributed by atoms with Gasteiger partial charge in [0.1, 0.15) is 28.7 Å². The summed E-state index contributed by atoms with van der Waals surface area (Å²) in [5.41, 5.74) is 1.06. The summed E-state index contributed by atoms with van der Waals surface area (Å²) in [6.45, 7) is 1.61. The molecule has 0 fully saturated rings. The molecule has 3 heterocycles. The van der Waals surface area contributed by atoms with Gasteiger partial charge in [-0.05, 0) is 38.1 Å². The van der Waals surface area contributed by atoms with Crippen LogP contribution in [0.2, 0.25) is 0 Å². The largest absolute Gasteiger partial charge is 0.493 e. The van der Waals surface area contributed by atoms with E-state index in [0.717, 1.165) is 13.0 Å². The number of nitrogens with zero attached hydrogens (tertiary/aromatic N) is 3. The molecular formula is C18H19F4N5O2. The molecule has 0 spiro atoms. The van der Waals surface area contributed by atoms with Crippen LogP contribution in [0, 0.1) is 5.82 Å². The first kappa shape index (κ1) is 20.8. The molecule has 2 atom stereocenters. The Morgan fingerprint density at radius 2 is 1.97 bits per heavy atom. The predicted molar refractivity (Wildman–Crippen MR) is 97.7 cm³/mol. The third kappa shape index (κ3) is 3.69. The molecular weight excluding hydrogens is 394 g/mol. The third-order valence-electron chi connectivity index (χ3n) is 4.63. The minimum Gasteiger partial charge on any atom is -0.493 e. The van der Waals surface area contributed by atoms with Gasteiger partial charge in [0, 0.05) is 6.20 Å². The molecule has 0 bridgehead atoms. The van der Waals surface area contributed by atoms with Crippen molar-refractivity contribution in [1.29, 1.82) is 0 Å². The van der Waals surface area contributed by atoms with Gasteiger partial charge in [0.05, 0.1) is 13.7 Å². The van der Waals surface area contributed by atoms with E-state index >= 15 is 0 Å². The number of nitrogens with one attached hydrogen (secondary N) is 1. The molecule has 0 saturated heterocycles. The fraction of sp³-hybridized carbons (Fsp3) is 0.389. The number of methoxy groups -OCH3 is 1. The minimum atomic E-state index is -4.77. The molecule has 156 valence electrons. The van der Waals surface area contributed by atoms with Crippen LogP contribution >= 0.6 is 0 Å². The lowest BCUT2D eigenvalue weighted by Crippen LogP contribution is -2.60. The summed E-state index contributed by atoms with van der Waals surface area (Å²) in [7, 11) is 1.46. The molecule has 7 nitrogen and oxygen atoms in total. The van der Waals surface area contributed by atoms with Crippen molar-refractivity contribution in [2.24, 2.45) is 10.7 Å². The molecule has 3 N–H and O–H groups in total. The number of hydrogen-bond donors (Lipinski definition) is 2. The highest BCUT2D eigenvalue weighted by Crippen LogP contribution is 2.41. The summed E-state index contributed by atoms with van der Waals surface area (Å²) in [4.78, 5) is 12.2. The maximum atomic E-state index is 14.5. The average Bonchev–Trinajstić information content (AvgIpc) is 2.66. The number of aromatic nitrogens is 2. The molecule has 2 aromatic heterocycles. The molecule has 1 aliphatic rings. The van der Waals surface area contributed by atoms with Crippen molar-refractivity contribution < 1.29 is 27.0 Å². The number of nitrogens with two attached hydrogens (primary N) is 1. The first-order valence-electron chi connectivity index (χ1n) is 8.50. The summed E-state index contributed by atoms with van der Waals surface area (Å²) in [6, 6.07) is 5.81. The van der Waals surface area contributed by atoms with E-state index in [9.17, 15) is 17.6 Å². The molecule has 0 amide bonds. The van der Waals surface area contributed by atoms with Crippen LogP contribution in [0.5, 0.6) is 5.75 Å². The smallest absolute Gasteiger partial charge is 0.424 e. The summed E-state index contributed by atoms with van der Waals surface area (Å²) < 4.78 is 64.6. The number of rotatable bonds is 4. The molecule has 1 aliphatic heterocycles. The van der Waals surface area contributed by atoms with Gasteiger partial charge in [-0.15, -0.1) is 0 Å². The fourth-order valence-corrected chi connectivity index (χ4v) is 2.77. The van der Waals surface area contributed by atoms with E-state index in [1.165, 1.54) is 26.3 Å². The highest BCUT2D eigenvalue weighted by Gasteiger charge is 2.59. The molecule has 2 aromatic rings. The Bertz CT molecular complexity index is 952. The molecule has 0 radical (unpaired) electrons. The third-order valence-corrected chi connectivity index (χ3v) is 4.63. The standard InChI is InChI=1S/C18H19F4N5O2/c1-16(9-29-17(2,15(23)27-16)18(20,21)22)13-10(19)6-7-12(25-13)26-14-11(28-3)5-4-8-24-14/h4-8H,9H2,1-3H3,(H2,23,27)(H,24,25,26)/t16-,17+/m0/s1. The Labute approximate surface area is 164 Å². The highest BCUT2D eigenvalue weighted by atomic mass is 19.4. The van der Waals surface area contributed by atoms with Gasteiger partial charge >= 0.3 is 6.18 Å². The van der Waals surface area contributed by atoms with Crippen LogP contribution < -0.4 is 15.8 Å². The summed E-state index contributed by atoms with van der Waals surface area (Å²) in [6.07, 6.45) is -3.25. The van der Waals surface area contributed by atoms with Gasteiger partial charge in [0.2, 0.25) is 5.60 Å². The lowest BCUT2D eigenvalue weighted by atomic mass is 9.93. The van der Waals surface area contributed by atoms with Crippen LogP contribution in [-0.4, -0.2) is 41.3 Å². The van der Waals surface area contributed by atoms with Crippen molar-refractivity contribution in [3.8, 4) is 5.75 Å². The molecule has 0 aromatic carbocycles. The second-order valence-electron chi connectivity index (χ2n) is 6.80. The molecule has 0 unspecified atom stereocenters. The van der Waals surface area contributed by atoms with E-state index in [2.05, 4.69) is 20.3 Å². The quantitative estimate of drug-likeness (QED) is 0.747. The summed E-state index contributed by atoms with van der Waals surface area (Å²) in [5, 5.41) is 2.88. The van der Waals surface area contributed by atoms with Crippen LogP contribution in [0.25, 0.3) is 0 Å². The Morgan fingerprint density at radius 1 is 1.24 bits per heavy atom. The van der Waals surface area contributed by atoms with E-state index < -0.39 is 35.6 Å². The van der Waals surface area contributed by atoms with Crippen molar-refractivity contribution in [2.75, 3.05) is 19.0 Å². The Balaban J connectivity index is 1.98. The second-order valence-corrected chi connectivity index (χ2v) is 6.80. The van der Waals surface area contributed by atoms with Crippen LogP contribution in [0.15, 0.2) is 35.5 Å². The highest BCUT2D eigenvalue weighted by molar-refractivity contribution is 5.90. The van der Waals surface area contributed by atoms with Crippen molar-refractivity contribution in [2.45, 2.75) is 31.2 Å². The van der Waals surface area contributed by atoms with Crippen molar-refractivity contribution in [3.05, 3.63) is 42.0 Å². The number of alkyl halides is 3. The van der Waals surface area contributed by atoms with Gasteiger partial charge in [-0.2, -0.15) is 13.2 Å². The molecule has 29 heavy (non-hydrogen) atoms. The van der Waals surface area contributed by atoms with Gasteiger partial charge < -0.3 is 20.5 Å². The van der Waals surface area contributed by atoms with E-state index in [1.54, 1.807) is 12.1 Å². The van der Waals surface area contributed by atoms with Crippen molar-refractivity contribution in [3.63, 3.8) is 0 Å². The Hall–Kier alpha value is -2.95. The number of hydrogen-bond acceptors (Lipinski definition) is 7. The zero-order chi connectivity index (χ0) is 21.4. The lowest BCUT2D eigenvalue weighted by molar-refractivity contribution is -0.249.